The van der Waals surface area contributed by atoms with E-state index in [-0.39, 0.29) is 24.5 Å². The van der Waals surface area contributed by atoms with Gasteiger partial charge in [0.15, 0.2) is 5.78 Å². The maximum Gasteiger partial charge on any atom is 0.225 e. The summed E-state index contributed by atoms with van der Waals surface area (Å²) < 4.78 is 5.30. The predicted molar refractivity (Wildman–Crippen MR) is 139 cm³/mol. The van der Waals surface area contributed by atoms with Crippen LogP contribution in [0.2, 0.25) is 0 Å². The number of carbonyl (C=O) groups excluding carboxylic acids is 2. The van der Waals surface area contributed by atoms with Crippen LogP contribution in [0.15, 0.2) is 84.9 Å². The molecule has 0 spiro atoms. The smallest absolute Gasteiger partial charge is 0.225 e. The van der Waals surface area contributed by atoms with Gasteiger partial charge in [-0.15, -0.1) is 11.3 Å². The Morgan fingerprint density at radius 3 is 2.29 bits per heavy atom. The van der Waals surface area contributed by atoms with Gasteiger partial charge in [0.05, 0.1) is 12.1 Å². The molecule has 0 aliphatic carbocycles. The van der Waals surface area contributed by atoms with Crippen LogP contribution < -0.4 is 10.1 Å². The molecule has 0 bridgehead atoms. The topological polar surface area (TPSA) is 55.4 Å². The molecular weight excluding hydrogens is 442 g/mol. The molecule has 0 aliphatic rings. The highest BCUT2D eigenvalue weighted by Crippen LogP contribution is 2.36. The first-order chi connectivity index (χ1) is 16.5. The van der Waals surface area contributed by atoms with Crippen molar-refractivity contribution in [3.8, 4) is 16.9 Å². The van der Waals surface area contributed by atoms with Crippen molar-refractivity contribution in [2.24, 2.45) is 0 Å². The molecule has 1 aromatic heterocycles. The van der Waals surface area contributed by atoms with Crippen LogP contribution in [0.4, 0.5) is 5.00 Å². The third-order valence-corrected chi connectivity index (χ3v) is 6.72. The Balaban J connectivity index is 1.45. The molecule has 1 heterocycles. The fourth-order valence-electron chi connectivity index (χ4n) is 3.83. The van der Waals surface area contributed by atoms with Crippen molar-refractivity contribution in [1.82, 2.24) is 0 Å². The zero-order valence-corrected chi connectivity index (χ0v) is 20.2. The monoisotopic (exact) mass is 469 g/mol. The molecule has 4 aromatic rings. The molecule has 34 heavy (non-hydrogen) atoms. The average molecular weight is 470 g/mol. The molecule has 0 saturated carbocycles. The van der Waals surface area contributed by atoms with Crippen molar-refractivity contribution < 1.29 is 14.3 Å². The highest BCUT2D eigenvalue weighted by Gasteiger charge is 2.15. The molecule has 5 heteroatoms. The van der Waals surface area contributed by atoms with Crippen LogP contribution in [0.5, 0.6) is 5.75 Å². The Kier molecular flexibility index (Phi) is 7.55. The number of ether oxygens (including phenoxy) is 1. The molecule has 3 aromatic carbocycles. The number of hydrogen-bond acceptors (Lipinski definition) is 4. The minimum absolute atomic E-state index is 0.0747. The van der Waals surface area contributed by atoms with Crippen LogP contribution in [0.3, 0.4) is 0 Å². The molecule has 4 rings (SSSR count). The standard InChI is InChI=1S/C29H27NO3S/c1-20-13-14-23(18-26(20)33-2)25(31)15-16-28(32)30-29-19-24(22-11-7-4-8-12-22)27(34-29)17-21-9-5-3-6-10-21/h3-14,18-19H,15-17H2,1-2H3,(H,30,32). The van der Waals surface area contributed by atoms with Gasteiger partial charge in [-0.3, -0.25) is 9.59 Å². The van der Waals surface area contributed by atoms with E-state index in [1.165, 1.54) is 10.4 Å². The van der Waals surface area contributed by atoms with Crippen molar-refractivity contribution in [1.29, 1.82) is 0 Å². The van der Waals surface area contributed by atoms with Gasteiger partial charge >= 0.3 is 0 Å². The van der Waals surface area contributed by atoms with Crippen LogP contribution in [0, 0.1) is 6.92 Å². The normalized spacial score (nSPS) is 10.6. The van der Waals surface area contributed by atoms with Gasteiger partial charge in [-0.1, -0.05) is 72.8 Å². The number of nitrogens with one attached hydrogen (secondary N) is 1. The van der Waals surface area contributed by atoms with E-state index >= 15 is 0 Å². The molecule has 0 unspecified atom stereocenters. The number of anilines is 1. The number of amides is 1. The minimum Gasteiger partial charge on any atom is -0.496 e. The molecule has 1 amide bonds. The fourth-order valence-corrected chi connectivity index (χ4v) is 4.96. The van der Waals surface area contributed by atoms with Crippen molar-refractivity contribution in [2.45, 2.75) is 26.2 Å². The second kappa shape index (κ2) is 10.9. The minimum atomic E-state index is -0.167. The molecule has 4 nitrogen and oxygen atoms in total. The van der Waals surface area contributed by atoms with Crippen LogP contribution in [0.25, 0.3) is 11.1 Å². The highest BCUT2D eigenvalue weighted by molar-refractivity contribution is 7.16. The zero-order valence-electron chi connectivity index (χ0n) is 19.3. The fraction of sp³-hybridized carbons (Fsp3) is 0.172. The Morgan fingerprint density at radius 2 is 1.59 bits per heavy atom. The first kappa shape index (κ1) is 23.5. The number of rotatable bonds is 9. The number of carbonyl (C=O) groups is 2. The van der Waals surface area contributed by atoms with Gasteiger partial charge in [-0.2, -0.15) is 0 Å². The van der Waals surface area contributed by atoms with Crippen LogP contribution in [-0.4, -0.2) is 18.8 Å². The van der Waals surface area contributed by atoms with E-state index < -0.39 is 0 Å². The van der Waals surface area contributed by atoms with Gasteiger partial charge < -0.3 is 10.1 Å². The third kappa shape index (κ3) is 5.80. The van der Waals surface area contributed by atoms with Gasteiger partial charge in [-0.05, 0) is 41.3 Å². The van der Waals surface area contributed by atoms with Gasteiger partial charge in [0.2, 0.25) is 5.91 Å². The molecule has 172 valence electrons. The van der Waals surface area contributed by atoms with Gasteiger partial charge in [0.25, 0.3) is 0 Å². The maximum atomic E-state index is 12.7. The SMILES string of the molecule is COc1cc(C(=O)CCC(=O)Nc2cc(-c3ccccc3)c(Cc3ccccc3)s2)ccc1C. The highest BCUT2D eigenvalue weighted by atomic mass is 32.1. The first-order valence-corrected chi connectivity index (χ1v) is 12.0. The van der Waals surface area contributed by atoms with E-state index in [1.807, 2.05) is 55.5 Å². The van der Waals surface area contributed by atoms with E-state index in [1.54, 1.807) is 30.6 Å². The van der Waals surface area contributed by atoms with E-state index in [2.05, 4.69) is 29.6 Å². The van der Waals surface area contributed by atoms with Crippen molar-refractivity contribution >= 4 is 28.0 Å². The lowest BCUT2D eigenvalue weighted by molar-refractivity contribution is -0.116. The Labute approximate surface area is 204 Å². The van der Waals surface area contributed by atoms with E-state index in [0.29, 0.717) is 11.3 Å². The third-order valence-electron chi connectivity index (χ3n) is 5.67. The molecule has 0 atom stereocenters. The molecule has 0 fully saturated rings. The summed E-state index contributed by atoms with van der Waals surface area (Å²) in [7, 11) is 1.58. The molecular formula is C29H27NO3S. The summed E-state index contributed by atoms with van der Waals surface area (Å²) in [4.78, 5) is 26.4. The van der Waals surface area contributed by atoms with Crippen LogP contribution in [0.1, 0.15) is 39.2 Å². The molecule has 1 N–H and O–H groups in total. The Bertz CT molecular complexity index is 1280. The molecule has 0 saturated heterocycles. The Hall–Kier alpha value is -3.70. The number of benzene rings is 3. The van der Waals surface area contributed by atoms with Gasteiger partial charge in [0, 0.05) is 29.7 Å². The van der Waals surface area contributed by atoms with E-state index in [9.17, 15) is 9.59 Å². The van der Waals surface area contributed by atoms with Crippen LogP contribution >= 0.6 is 11.3 Å². The lowest BCUT2D eigenvalue weighted by Crippen LogP contribution is -2.12. The number of methoxy groups -OCH3 is 1. The summed E-state index contributed by atoms with van der Waals surface area (Å²) in [5.41, 5.74) is 4.98. The summed E-state index contributed by atoms with van der Waals surface area (Å²) in [6.45, 7) is 1.93. The zero-order chi connectivity index (χ0) is 23.9. The summed E-state index contributed by atoms with van der Waals surface area (Å²) >= 11 is 1.58. The summed E-state index contributed by atoms with van der Waals surface area (Å²) in [5.74, 6) is 0.433. The number of aryl methyl sites for hydroxylation is 1. The summed E-state index contributed by atoms with van der Waals surface area (Å²) in [6.07, 6.45) is 1.06. The largest absolute Gasteiger partial charge is 0.496 e. The average Bonchev–Trinajstić information content (AvgIpc) is 3.25. The van der Waals surface area contributed by atoms with E-state index in [0.717, 1.165) is 28.1 Å². The number of ketones is 1. The second-order valence-electron chi connectivity index (χ2n) is 8.13. The van der Waals surface area contributed by atoms with Gasteiger partial charge in [-0.25, -0.2) is 0 Å². The lowest BCUT2D eigenvalue weighted by Gasteiger charge is -2.07. The van der Waals surface area contributed by atoms with Gasteiger partial charge in [0.1, 0.15) is 5.75 Å². The molecule has 0 radical (unpaired) electrons. The predicted octanol–water partition coefficient (Wildman–Crippen LogP) is 6.92. The Morgan fingerprint density at radius 1 is 0.882 bits per heavy atom. The number of thiophene rings is 1. The van der Waals surface area contributed by atoms with Crippen molar-refractivity contribution in [2.75, 3.05) is 12.4 Å². The maximum absolute atomic E-state index is 12.7. The number of hydrogen-bond donors (Lipinski definition) is 1. The van der Waals surface area contributed by atoms with Crippen molar-refractivity contribution in [3.63, 3.8) is 0 Å². The summed E-state index contributed by atoms with van der Waals surface area (Å²) in [5, 5.41) is 3.79. The number of Topliss-reactive ketones (excluding diaryl/α,β-unsaturated/α-hetero) is 1. The molecule has 0 aliphatic heterocycles. The summed E-state index contributed by atoms with van der Waals surface area (Å²) in [6, 6.07) is 27.9. The van der Waals surface area contributed by atoms with Crippen LogP contribution in [-0.2, 0) is 11.2 Å². The lowest BCUT2D eigenvalue weighted by atomic mass is 10.0. The van der Waals surface area contributed by atoms with E-state index in [4.69, 9.17) is 4.74 Å². The quantitative estimate of drug-likeness (QED) is 0.271. The van der Waals surface area contributed by atoms with Crippen molar-refractivity contribution in [3.05, 3.63) is 106 Å². The first-order valence-electron chi connectivity index (χ1n) is 11.2. The second-order valence-corrected chi connectivity index (χ2v) is 9.27.